The van der Waals surface area contributed by atoms with Crippen LogP contribution in [0, 0.1) is 5.92 Å². The Morgan fingerprint density at radius 2 is 2.36 bits per heavy atom. The van der Waals surface area contributed by atoms with Gasteiger partial charge in [0.25, 0.3) is 0 Å². The standard InChI is InChI=1S/C8H14N2O/c9-7(11)8-3-1-6(5-8)2-4-10-8/h6,10H,1-5H2,(H2,9,11). The predicted molar refractivity (Wildman–Crippen MR) is 41.9 cm³/mol. The van der Waals surface area contributed by atoms with E-state index in [4.69, 9.17) is 5.73 Å². The van der Waals surface area contributed by atoms with Crippen molar-refractivity contribution in [1.82, 2.24) is 5.32 Å². The molecule has 1 heterocycles. The van der Waals surface area contributed by atoms with E-state index in [9.17, 15) is 4.79 Å². The second kappa shape index (κ2) is 2.21. The van der Waals surface area contributed by atoms with Gasteiger partial charge in [-0.15, -0.1) is 0 Å². The lowest BCUT2D eigenvalue weighted by molar-refractivity contribution is -0.124. The minimum absolute atomic E-state index is 0.153. The van der Waals surface area contributed by atoms with Crippen molar-refractivity contribution in [3.8, 4) is 0 Å². The van der Waals surface area contributed by atoms with E-state index in [1.54, 1.807) is 0 Å². The van der Waals surface area contributed by atoms with E-state index in [2.05, 4.69) is 5.32 Å². The van der Waals surface area contributed by atoms with Crippen LogP contribution in [0.5, 0.6) is 0 Å². The largest absolute Gasteiger partial charge is 0.368 e. The average molecular weight is 154 g/mol. The van der Waals surface area contributed by atoms with Crippen molar-refractivity contribution in [3.63, 3.8) is 0 Å². The molecular formula is C8H14N2O. The summed E-state index contributed by atoms with van der Waals surface area (Å²) in [7, 11) is 0. The quantitative estimate of drug-likeness (QED) is 0.558. The van der Waals surface area contributed by atoms with E-state index >= 15 is 0 Å². The molecule has 2 bridgehead atoms. The summed E-state index contributed by atoms with van der Waals surface area (Å²) >= 11 is 0. The summed E-state index contributed by atoms with van der Waals surface area (Å²) < 4.78 is 0. The first kappa shape index (κ1) is 7.10. The molecule has 3 heteroatoms. The highest BCUT2D eigenvalue weighted by atomic mass is 16.1. The van der Waals surface area contributed by atoms with Gasteiger partial charge in [-0.3, -0.25) is 4.79 Å². The number of carbonyl (C=O) groups is 1. The third-order valence-electron chi connectivity index (χ3n) is 3.10. The monoisotopic (exact) mass is 154 g/mol. The van der Waals surface area contributed by atoms with Gasteiger partial charge in [0.05, 0.1) is 5.54 Å². The molecule has 1 saturated carbocycles. The van der Waals surface area contributed by atoms with Crippen LogP contribution in [-0.2, 0) is 4.79 Å². The van der Waals surface area contributed by atoms with Gasteiger partial charge in [0.15, 0.2) is 0 Å². The lowest BCUT2D eigenvalue weighted by atomic mass is 9.90. The van der Waals surface area contributed by atoms with Crippen molar-refractivity contribution in [2.75, 3.05) is 6.54 Å². The molecule has 0 spiro atoms. The third kappa shape index (κ3) is 0.948. The van der Waals surface area contributed by atoms with Gasteiger partial charge in [-0.1, -0.05) is 0 Å². The Labute approximate surface area is 66.3 Å². The molecule has 3 N–H and O–H groups in total. The van der Waals surface area contributed by atoms with Crippen LogP contribution in [0.25, 0.3) is 0 Å². The zero-order valence-corrected chi connectivity index (χ0v) is 6.60. The van der Waals surface area contributed by atoms with Crippen molar-refractivity contribution in [2.24, 2.45) is 11.7 Å². The van der Waals surface area contributed by atoms with Crippen molar-refractivity contribution in [2.45, 2.75) is 31.2 Å². The zero-order valence-electron chi connectivity index (χ0n) is 6.60. The summed E-state index contributed by atoms with van der Waals surface area (Å²) in [6, 6.07) is 0. The zero-order chi connectivity index (χ0) is 7.90. The van der Waals surface area contributed by atoms with Gasteiger partial charge in [0.1, 0.15) is 0 Å². The molecule has 2 rings (SSSR count). The van der Waals surface area contributed by atoms with Crippen LogP contribution in [-0.4, -0.2) is 18.0 Å². The van der Waals surface area contributed by atoms with Crippen LogP contribution in [0.2, 0.25) is 0 Å². The fourth-order valence-corrected chi connectivity index (χ4v) is 2.38. The highest BCUT2D eigenvalue weighted by Crippen LogP contribution is 2.39. The van der Waals surface area contributed by atoms with Crippen LogP contribution in [0.15, 0.2) is 0 Å². The summed E-state index contributed by atoms with van der Waals surface area (Å²) in [5.41, 5.74) is 5.02. The summed E-state index contributed by atoms with van der Waals surface area (Å²) in [5.74, 6) is 0.600. The minimum Gasteiger partial charge on any atom is -0.368 e. The number of rotatable bonds is 1. The smallest absolute Gasteiger partial charge is 0.237 e. The molecule has 0 aromatic rings. The summed E-state index contributed by atoms with van der Waals surface area (Å²) in [4.78, 5) is 11.1. The maximum absolute atomic E-state index is 11.1. The Bertz CT molecular complexity index is 189. The second-order valence-electron chi connectivity index (χ2n) is 3.77. The van der Waals surface area contributed by atoms with E-state index in [1.165, 1.54) is 12.8 Å². The molecule has 11 heavy (non-hydrogen) atoms. The topological polar surface area (TPSA) is 55.1 Å². The van der Waals surface area contributed by atoms with Crippen LogP contribution < -0.4 is 11.1 Å². The van der Waals surface area contributed by atoms with E-state index < -0.39 is 0 Å². The van der Waals surface area contributed by atoms with Crippen LogP contribution in [0.3, 0.4) is 0 Å². The second-order valence-corrected chi connectivity index (χ2v) is 3.77. The molecule has 1 amide bonds. The number of primary amides is 1. The van der Waals surface area contributed by atoms with E-state index in [-0.39, 0.29) is 11.4 Å². The van der Waals surface area contributed by atoms with Crippen LogP contribution in [0.4, 0.5) is 0 Å². The normalized spacial score (nSPS) is 42.4. The first-order chi connectivity index (χ1) is 5.23. The highest BCUT2D eigenvalue weighted by molar-refractivity contribution is 5.85. The molecule has 1 aliphatic heterocycles. The van der Waals surface area contributed by atoms with Crippen molar-refractivity contribution in [1.29, 1.82) is 0 Å². The molecule has 0 aromatic carbocycles. The Balaban J connectivity index is 2.19. The van der Waals surface area contributed by atoms with Gasteiger partial charge in [0.2, 0.25) is 5.91 Å². The number of nitrogens with two attached hydrogens (primary N) is 1. The Morgan fingerprint density at radius 1 is 1.55 bits per heavy atom. The molecule has 0 radical (unpaired) electrons. The molecule has 1 saturated heterocycles. The summed E-state index contributed by atoms with van der Waals surface area (Å²) in [5, 5.41) is 3.25. The third-order valence-corrected chi connectivity index (χ3v) is 3.10. The SMILES string of the molecule is NC(=O)C12CCC(CCN1)C2. The van der Waals surface area contributed by atoms with Gasteiger partial charge in [-0.2, -0.15) is 0 Å². The first-order valence-corrected chi connectivity index (χ1v) is 4.28. The molecule has 2 aliphatic rings. The number of piperidine rings is 1. The average Bonchev–Trinajstić information content (AvgIpc) is 2.29. The maximum Gasteiger partial charge on any atom is 0.237 e. The minimum atomic E-state index is -0.317. The molecule has 2 fully saturated rings. The first-order valence-electron chi connectivity index (χ1n) is 4.28. The molecule has 2 atom stereocenters. The molecule has 1 aliphatic carbocycles. The maximum atomic E-state index is 11.1. The van der Waals surface area contributed by atoms with Crippen LogP contribution >= 0.6 is 0 Å². The molecular weight excluding hydrogens is 140 g/mol. The van der Waals surface area contributed by atoms with Crippen molar-refractivity contribution < 1.29 is 4.79 Å². The predicted octanol–water partition coefficient (Wildman–Crippen LogP) is 0.00390. The van der Waals surface area contributed by atoms with Gasteiger partial charge >= 0.3 is 0 Å². The molecule has 2 unspecified atom stereocenters. The fourth-order valence-electron chi connectivity index (χ4n) is 2.38. The Hall–Kier alpha value is -0.570. The van der Waals surface area contributed by atoms with Gasteiger partial charge < -0.3 is 11.1 Å². The van der Waals surface area contributed by atoms with E-state index in [0.717, 1.165) is 25.3 Å². The van der Waals surface area contributed by atoms with Crippen molar-refractivity contribution in [3.05, 3.63) is 0 Å². The number of amides is 1. The Kier molecular flexibility index (Phi) is 1.42. The number of hydrogen-bond donors (Lipinski definition) is 2. The Morgan fingerprint density at radius 3 is 3.00 bits per heavy atom. The summed E-state index contributed by atoms with van der Waals surface area (Å²) in [6.45, 7) is 0.966. The van der Waals surface area contributed by atoms with Gasteiger partial charge in [-0.05, 0) is 38.1 Å². The molecule has 62 valence electrons. The van der Waals surface area contributed by atoms with E-state index in [1.807, 2.05) is 0 Å². The molecule has 3 nitrogen and oxygen atoms in total. The van der Waals surface area contributed by atoms with Gasteiger partial charge in [0, 0.05) is 0 Å². The van der Waals surface area contributed by atoms with Crippen molar-refractivity contribution >= 4 is 5.91 Å². The highest BCUT2D eigenvalue weighted by Gasteiger charge is 2.45. The number of fused-ring (bicyclic) bond motifs is 2. The fraction of sp³-hybridized carbons (Fsp3) is 0.875. The lowest BCUT2D eigenvalue weighted by Gasteiger charge is -2.31. The molecule has 0 aromatic heterocycles. The summed E-state index contributed by atoms with van der Waals surface area (Å²) in [6.07, 6.45) is 4.32. The van der Waals surface area contributed by atoms with Gasteiger partial charge in [-0.25, -0.2) is 0 Å². The number of hydrogen-bond acceptors (Lipinski definition) is 2. The number of nitrogens with one attached hydrogen (secondary N) is 1. The number of carbonyl (C=O) groups excluding carboxylic acids is 1. The van der Waals surface area contributed by atoms with E-state index in [0.29, 0.717) is 0 Å². The lowest BCUT2D eigenvalue weighted by Crippen LogP contribution is -2.55. The van der Waals surface area contributed by atoms with Crippen LogP contribution in [0.1, 0.15) is 25.7 Å².